The normalized spacial score (nSPS) is 28.1. The van der Waals surface area contributed by atoms with Gasteiger partial charge in [0.15, 0.2) is 0 Å². The molecule has 4 aromatic carbocycles. The second kappa shape index (κ2) is 10.1. The lowest BCUT2D eigenvalue weighted by Crippen LogP contribution is -2.48. The molecule has 44 heavy (non-hydrogen) atoms. The van der Waals surface area contributed by atoms with Gasteiger partial charge in [-0.25, -0.2) is 0 Å². The molecule has 0 aromatic heterocycles. The zero-order valence-corrected chi connectivity index (χ0v) is 26.7. The molecule has 1 heteroatoms. The van der Waals surface area contributed by atoms with E-state index in [4.69, 9.17) is 0 Å². The van der Waals surface area contributed by atoms with Gasteiger partial charge in [0.1, 0.15) is 0 Å². The fraction of sp³-hybridized carbons (Fsp3) is 0.442. The van der Waals surface area contributed by atoms with E-state index in [0.29, 0.717) is 5.41 Å². The van der Waals surface area contributed by atoms with E-state index in [-0.39, 0.29) is 5.41 Å². The summed E-state index contributed by atoms with van der Waals surface area (Å²) in [5, 5.41) is 0. The van der Waals surface area contributed by atoms with Gasteiger partial charge in [-0.3, -0.25) is 0 Å². The Kier molecular flexibility index (Phi) is 6.20. The highest BCUT2D eigenvalue weighted by Gasteiger charge is 2.51. The molecule has 0 spiro atoms. The van der Waals surface area contributed by atoms with E-state index in [1.807, 2.05) is 0 Å². The molecular weight excluding hydrogens is 530 g/mol. The highest BCUT2D eigenvalue weighted by atomic mass is 15.1. The summed E-state index contributed by atoms with van der Waals surface area (Å²) in [5.41, 5.74) is 13.1. The van der Waals surface area contributed by atoms with Crippen molar-refractivity contribution in [1.29, 1.82) is 0 Å². The van der Waals surface area contributed by atoms with Crippen LogP contribution in [0.4, 0.5) is 17.1 Å². The van der Waals surface area contributed by atoms with Crippen molar-refractivity contribution in [2.75, 3.05) is 4.90 Å². The van der Waals surface area contributed by atoms with Crippen molar-refractivity contribution in [2.24, 2.45) is 17.8 Å². The van der Waals surface area contributed by atoms with Crippen molar-refractivity contribution in [3.8, 4) is 11.1 Å². The van der Waals surface area contributed by atoms with Crippen LogP contribution >= 0.6 is 0 Å². The molecule has 0 heterocycles. The smallest absolute Gasteiger partial charge is 0.0465 e. The van der Waals surface area contributed by atoms with E-state index in [1.54, 1.807) is 11.1 Å². The van der Waals surface area contributed by atoms with Crippen LogP contribution in [0.5, 0.6) is 0 Å². The van der Waals surface area contributed by atoms with Crippen LogP contribution in [0.1, 0.15) is 113 Å². The van der Waals surface area contributed by atoms with Crippen molar-refractivity contribution in [3.63, 3.8) is 0 Å². The van der Waals surface area contributed by atoms with Crippen LogP contribution in [0.15, 0.2) is 91.0 Å². The molecule has 0 saturated heterocycles. The molecule has 0 unspecified atom stereocenters. The summed E-state index contributed by atoms with van der Waals surface area (Å²) in [6.07, 6.45) is 15.6. The molecule has 10 rings (SSSR count). The van der Waals surface area contributed by atoms with E-state index >= 15 is 0 Å². The molecule has 4 bridgehead atoms. The highest BCUT2D eigenvalue weighted by Crippen LogP contribution is 2.61. The molecule has 4 aromatic rings. The molecule has 5 fully saturated rings. The average Bonchev–Trinajstić information content (AvgIpc) is 3.27. The Hall–Kier alpha value is -3.32. The number of benzene rings is 4. The van der Waals surface area contributed by atoms with E-state index in [2.05, 4.69) is 110 Å². The number of fused-ring (bicyclic) bond motifs is 3. The summed E-state index contributed by atoms with van der Waals surface area (Å²) in [5.74, 6) is 3.65. The zero-order chi connectivity index (χ0) is 29.5. The van der Waals surface area contributed by atoms with Crippen molar-refractivity contribution < 1.29 is 0 Å². The fourth-order valence-electron chi connectivity index (χ4n) is 11.0. The zero-order valence-electron chi connectivity index (χ0n) is 26.7. The Morgan fingerprint density at radius 1 is 0.568 bits per heavy atom. The molecule has 0 amide bonds. The Bertz CT molecular complexity index is 1650. The van der Waals surface area contributed by atoms with Gasteiger partial charge in [0.05, 0.1) is 0 Å². The van der Waals surface area contributed by atoms with Crippen molar-refractivity contribution in [1.82, 2.24) is 0 Å². The lowest BCUT2D eigenvalue weighted by molar-refractivity contribution is -0.00518. The largest absolute Gasteiger partial charge is 0.310 e. The first-order valence-electron chi connectivity index (χ1n) is 17.7. The molecule has 224 valence electrons. The molecule has 6 aliphatic rings. The lowest BCUT2D eigenvalue weighted by atomic mass is 9.48. The molecule has 0 radical (unpaired) electrons. The standard InChI is InChI=1S/C43H47N/c1-42(2)40-24-33(32-9-5-3-6-10-32)13-19-38(40)39-20-18-37(25-41(39)42)44(35-11-7-4-8-12-35)36-16-14-34(15-17-36)43-26-29-21-30(27-43)23-31(22-29)28-43/h4,7-8,11-20,24-25,29-32H,3,5-6,9-10,21-23,26-28H2,1-2H3. The van der Waals surface area contributed by atoms with Gasteiger partial charge >= 0.3 is 0 Å². The van der Waals surface area contributed by atoms with Crippen LogP contribution < -0.4 is 4.90 Å². The predicted molar refractivity (Wildman–Crippen MR) is 184 cm³/mol. The maximum Gasteiger partial charge on any atom is 0.0465 e. The average molecular weight is 578 g/mol. The first-order chi connectivity index (χ1) is 21.5. The molecule has 0 atom stereocenters. The Morgan fingerprint density at radius 2 is 1.14 bits per heavy atom. The number of hydrogen-bond acceptors (Lipinski definition) is 1. The van der Waals surface area contributed by atoms with Gasteiger partial charge in [-0.15, -0.1) is 0 Å². The van der Waals surface area contributed by atoms with Gasteiger partial charge in [-0.05, 0) is 150 Å². The van der Waals surface area contributed by atoms with Crippen LogP contribution in [0.25, 0.3) is 11.1 Å². The quantitative estimate of drug-likeness (QED) is 0.228. The molecule has 5 saturated carbocycles. The van der Waals surface area contributed by atoms with Gasteiger partial charge in [-0.1, -0.05) is 87.7 Å². The number of anilines is 3. The fourth-order valence-corrected chi connectivity index (χ4v) is 11.0. The van der Waals surface area contributed by atoms with E-state index in [0.717, 1.165) is 23.7 Å². The lowest BCUT2D eigenvalue weighted by Gasteiger charge is -2.57. The van der Waals surface area contributed by atoms with E-state index in [9.17, 15) is 0 Å². The SMILES string of the molecule is CC1(C)c2cc(C3CCCCC3)ccc2-c2ccc(N(c3ccccc3)c3ccc(C45CC6CC(CC(C6)C4)C5)cc3)cc21. The van der Waals surface area contributed by atoms with Gasteiger partial charge in [0, 0.05) is 22.5 Å². The van der Waals surface area contributed by atoms with Crippen LogP contribution in [0, 0.1) is 17.8 Å². The predicted octanol–water partition coefficient (Wildman–Crippen LogP) is 12.0. The first-order valence-corrected chi connectivity index (χ1v) is 17.7. The van der Waals surface area contributed by atoms with Crippen molar-refractivity contribution in [2.45, 2.75) is 101 Å². The molecule has 0 N–H and O–H groups in total. The van der Waals surface area contributed by atoms with Gasteiger partial charge in [-0.2, -0.15) is 0 Å². The van der Waals surface area contributed by atoms with Crippen molar-refractivity contribution >= 4 is 17.1 Å². The van der Waals surface area contributed by atoms with Crippen LogP contribution in [0.2, 0.25) is 0 Å². The minimum Gasteiger partial charge on any atom is -0.310 e. The third-order valence-electron chi connectivity index (χ3n) is 12.8. The number of para-hydroxylation sites is 1. The maximum atomic E-state index is 2.57. The third-order valence-corrected chi connectivity index (χ3v) is 12.8. The Labute approximate surface area is 264 Å². The van der Waals surface area contributed by atoms with Crippen molar-refractivity contribution in [3.05, 3.63) is 113 Å². The molecule has 6 aliphatic carbocycles. The summed E-state index contributed by atoms with van der Waals surface area (Å²) in [6.45, 7) is 4.89. The Morgan fingerprint density at radius 3 is 1.80 bits per heavy atom. The molecule has 1 nitrogen and oxygen atoms in total. The van der Waals surface area contributed by atoms with Crippen LogP contribution in [-0.2, 0) is 10.8 Å². The topological polar surface area (TPSA) is 3.24 Å². The minimum atomic E-state index is -0.0178. The summed E-state index contributed by atoms with van der Waals surface area (Å²) >= 11 is 0. The second-order valence-electron chi connectivity index (χ2n) is 15.9. The molecule has 0 aliphatic heterocycles. The number of hydrogen-bond donors (Lipinski definition) is 0. The van der Waals surface area contributed by atoms with Gasteiger partial charge in [0.2, 0.25) is 0 Å². The third kappa shape index (κ3) is 4.25. The summed E-state index contributed by atoms with van der Waals surface area (Å²) in [7, 11) is 0. The van der Waals surface area contributed by atoms with Gasteiger partial charge < -0.3 is 4.90 Å². The van der Waals surface area contributed by atoms with E-state index < -0.39 is 0 Å². The summed E-state index contributed by atoms with van der Waals surface area (Å²) in [4.78, 5) is 2.48. The number of nitrogens with zero attached hydrogens (tertiary/aromatic N) is 1. The van der Waals surface area contributed by atoms with Crippen LogP contribution in [0.3, 0.4) is 0 Å². The highest BCUT2D eigenvalue weighted by molar-refractivity contribution is 5.85. The summed E-state index contributed by atoms with van der Waals surface area (Å²) in [6, 6.07) is 35.5. The Balaban J connectivity index is 1.08. The minimum absolute atomic E-state index is 0.0178. The molecular formula is C43H47N. The second-order valence-corrected chi connectivity index (χ2v) is 15.9. The maximum absolute atomic E-state index is 2.57. The van der Waals surface area contributed by atoms with Gasteiger partial charge in [0.25, 0.3) is 0 Å². The monoisotopic (exact) mass is 577 g/mol. The first kappa shape index (κ1) is 27.0. The number of rotatable bonds is 5. The summed E-state index contributed by atoms with van der Waals surface area (Å²) < 4.78 is 0. The van der Waals surface area contributed by atoms with Crippen LogP contribution in [-0.4, -0.2) is 0 Å². The van der Waals surface area contributed by atoms with E-state index in [1.165, 1.54) is 110 Å².